The maximum absolute atomic E-state index is 11.8. The van der Waals surface area contributed by atoms with Crippen molar-refractivity contribution in [3.05, 3.63) is 48.2 Å². The number of hydrogen-bond acceptors (Lipinski definition) is 1. The van der Waals surface area contributed by atoms with Gasteiger partial charge in [-0.15, -0.1) is 0 Å². The van der Waals surface area contributed by atoms with Gasteiger partial charge in [0.15, 0.2) is 0 Å². The molecule has 1 amide bonds. The lowest BCUT2D eigenvalue weighted by molar-refractivity contribution is -0.129. The lowest BCUT2D eigenvalue weighted by Crippen LogP contribution is -2.25. The molecule has 2 rings (SSSR count). The van der Waals surface area contributed by atoms with Gasteiger partial charge in [-0.05, 0) is 24.8 Å². The molecule has 0 fully saturated rings. The van der Waals surface area contributed by atoms with E-state index in [1.54, 1.807) is 0 Å². The molecule has 1 heterocycles. The van der Waals surface area contributed by atoms with Gasteiger partial charge in [-0.2, -0.15) is 0 Å². The number of allylic oxidation sites excluding steroid dienone is 1. The molecule has 0 radical (unpaired) electrons. The van der Waals surface area contributed by atoms with Gasteiger partial charge in [-0.1, -0.05) is 36.4 Å². The number of rotatable bonds is 2. The van der Waals surface area contributed by atoms with Crippen molar-refractivity contribution in [2.75, 3.05) is 0 Å². The van der Waals surface area contributed by atoms with E-state index >= 15 is 0 Å². The third-order valence-electron chi connectivity index (χ3n) is 2.81. The van der Waals surface area contributed by atoms with Crippen LogP contribution >= 0.6 is 0 Å². The van der Waals surface area contributed by atoms with Gasteiger partial charge in [0.1, 0.15) is 0 Å². The summed E-state index contributed by atoms with van der Waals surface area (Å²) in [5.41, 5.74) is 1.18. The molecular weight excluding hydrogens is 198 g/mol. The van der Waals surface area contributed by atoms with Crippen LogP contribution in [0.1, 0.15) is 31.2 Å². The van der Waals surface area contributed by atoms with E-state index in [2.05, 4.69) is 18.2 Å². The van der Waals surface area contributed by atoms with Crippen LogP contribution in [0.25, 0.3) is 0 Å². The lowest BCUT2D eigenvalue weighted by atomic mass is 10.1. The summed E-state index contributed by atoms with van der Waals surface area (Å²) < 4.78 is 0. The fraction of sp³-hybridized carbons (Fsp3) is 0.357. The SMILES string of the molecule is O=C1CCCC/C=C\N1Cc1ccccc1. The topological polar surface area (TPSA) is 20.3 Å². The molecule has 0 aromatic heterocycles. The van der Waals surface area contributed by atoms with E-state index in [-0.39, 0.29) is 5.91 Å². The number of nitrogens with zero attached hydrogens (tertiary/aromatic N) is 1. The van der Waals surface area contributed by atoms with E-state index in [0.29, 0.717) is 13.0 Å². The summed E-state index contributed by atoms with van der Waals surface area (Å²) in [6, 6.07) is 10.1. The summed E-state index contributed by atoms with van der Waals surface area (Å²) in [5, 5.41) is 0. The highest BCUT2D eigenvalue weighted by molar-refractivity contribution is 5.77. The van der Waals surface area contributed by atoms with Crippen LogP contribution in [0.2, 0.25) is 0 Å². The Morgan fingerprint density at radius 1 is 1.12 bits per heavy atom. The van der Waals surface area contributed by atoms with E-state index in [4.69, 9.17) is 0 Å². The molecule has 2 heteroatoms. The highest BCUT2D eigenvalue weighted by Gasteiger charge is 2.12. The fourth-order valence-corrected chi connectivity index (χ4v) is 1.89. The van der Waals surface area contributed by atoms with Gasteiger partial charge in [0.05, 0.1) is 6.54 Å². The van der Waals surface area contributed by atoms with Crippen LogP contribution in [0, 0.1) is 0 Å². The minimum absolute atomic E-state index is 0.236. The van der Waals surface area contributed by atoms with Crippen molar-refractivity contribution in [3.63, 3.8) is 0 Å². The second-order valence-corrected chi connectivity index (χ2v) is 4.14. The molecule has 1 aliphatic rings. The van der Waals surface area contributed by atoms with E-state index in [0.717, 1.165) is 19.3 Å². The molecule has 0 saturated heterocycles. The molecule has 0 N–H and O–H groups in total. The van der Waals surface area contributed by atoms with E-state index < -0.39 is 0 Å². The van der Waals surface area contributed by atoms with Crippen LogP contribution in [0.15, 0.2) is 42.6 Å². The predicted molar refractivity (Wildman–Crippen MR) is 64.6 cm³/mol. The largest absolute Gasteiger partial charge is 0.315 e. The Morgan fingerprint density at radius 3 is 2.75 bits per heavy atom. The first-order valence-electron chi connectivity index (χ1n) is 5.86. The molecule has 0 unspecified atom stereocenters. The van der Waals surface area contributed by atoms with Crippen LogP contribution < -0.4 is 0 Å². The number of carbonyl (C=O) groups is 1. The van der Waals surface area contributed by atoms with E-state index in [1.807, 2.05) is 29.3 Å². The van der Waals surface area contributed by atoms with Gasteiger partial charge in [0.25, 0.3) is 0 Å². The van der Waals surface area contributed by atoms with Crippen LogP contribution in [0.3, 0.4) is 0 Å². The number of hydrogen-bond donors (Lipinski definition) is 0. The van der Waals surface area contributed by atoms with Crippen LogP contribution in [-0.2, 0) is 11.3 Å². The number of amides is 1. The Hall–Kier alpha value is -1.57. The molecule has 0 aliphatic carbocycles. The molecule has 0 bridgehead atoms. The van der Waals surface area contributed by atoms with Gasteiger partial charge in [-0.25, -0.2) is 0 Å². The summed E-state index contributed by atoms with van der Waals surface area (Å²) >= 11 is 0. The average Bonchev–Trinajstić information content (AvgIpc) is 2.30. The zero-order valence-corrected chi connectivity index (χ0v) is 9.43. The van der Waals surface area contributed by atoms with E-state index in [1.165, 1.54) is 5.56 Å². The first kappa shape index (κ1) is 10.9. The van der Waals surface area contributed by atoms with Gasteiger partial charge >= 0.3 is 0 Å². The average molecular weight is 215 g/mol. The predicted octanol–water partition coefficient (Wildman–Crippen LogP) is 3.10. The zero-order valence-electron chi connectivity index (χ0n) is 9.43. The van der Waals surface area contributed by atoms with Crippen molar-refractivity contribution in [2.45, 2.75) is 32.2 Å². The minimum atomic E-state index is 0.236. The van der Waals surface area contributed by atoms with Crippen molar-refractivity contribution in [2.24, 2.45) is 0 Å². The summed E-state index contributed by atoms with van der Waals surface area (Å²) in [6.45, 7) is 0.691. The van der Waals surface area contributed by atoms with Gasteiger partial charge in [-0.3, -0.25) is 4.79 Å². The van der Waals surface area contributed by atoms with Crippen LogP contribution in [0.5, 0.6) is 0 Å². The molecule has 2 nitrogen and oxygen atoms in total. The van der Waals surface area contributed by atoms with Crippen molar-refractivity contribution in [1.29, 1.82) is 0 Å². The summed E-state index contributed by atoms with van der Waals surface area (Å²) in [7, 11) is 0. The molecule has 84 valence electrons. The molecular formula is C14H17NO. The first-order valence-corrected chi connectivity index (χ1v) is 5.86. The van der Waals surface area contributed by atoms with Gasteiger partial charge in [0, 0.05) is 12.6 Å². The van der Waals surface area contributed by atoms with Crippen molar-refractivity contribution >= 4 is 5.91 Å². The normalized spacial score (nSPS) is 19.0. The molecule has 1 aromatic carbocycles. The third-order valence-corrected chi connectivity index (χ3v) is 2.81. The zero-order chi connectivity index (χ0) is 11.2. The second kappa shape index (κ2) is 5.50. The van der Waals surface area contributed by atoms with Crippen LogP contribution in [-0.4, -0.2) is 10.8 Å². The Kier molecular flexibility index (Phi) is 3.76. The lowest BCUT2D eigenvalue weighted by Gasteiger charge is -2.20. The van der Waals surface area contributed by atoms with Crippen molar-refractivity contribution in [1.82, 2.24) is 4.90 Å². The first-order chi connectivity index (χ1) is 7.86. The number of benzene rings is 1. The molecule has 16 heavy (non-hydrogen) atoms. The van der Waals surface area contributed by atoms with E-state index in [9.17, 15) is 4.79 Å². The van der Waals surface area contributed by atoms with Crippen molar-refractivity contribution in [3.8, 4) is 0 Å². The molecule has 1 aliphatic heterocycles. The van der Waals surface area contributed by atoms with Gasteiger partial charge in [0.2, 0.25) is 5.91 Å². The fourth-order valence-electron chi connectivity index (χ4n) is 1.89. The Morgan fingerprint density at radius 2 is 1.94 bits per heavy atom. The highest BCUT2D eigenvalue weighted by Crippen LogP contribution is 2.12. The molecule has 0 atom stereocenters. The van der Waals surface area contributed by atoms with Crippen LogP contribution in [0.4, 0.5) is 0 Å². The summed E-state index contributed by atoms with van der Waals surface area (Å²) in [6.07, 6.45) is 7.93. The standard InChI is InChI=1S/C14H17NO/c16-14-10-6-1-2-7-11-15(14)12-13-8-4-3-5-9-13/h3-5,7-9,11H,1-2,6,10,12H2/b11-7-. The third kappa shape index (κ3) is 2.96. The monoisotopic (exact) mass is 215 g/mol. The quantitative estimate of drug-likeness (QED) is 0.742. The van der Waals surface area contributed by atoms with Crippen molar-refractivity contribution < 1.29 is 4.79 Å². The molecule has 1 aromatic rings. The highest BCUT2D eigenvalue weighted by atomic mass is 16.2. The molecule has 0 saturated carbocycles. The maximum Gasteiger partial charge on any atom is 0.226 e. The summed E-state index contributed by atoms with van der Waals surface area (Å²) in [4.78, 5) is 13.7. The Labute approximate surface area is 96.6 Å². The Balaban J connectivity index is 2.06. The maximum atomic E-state index is 11.8. The number of carbonyl (C=O) groups excluding carboxylic acids is 1. The second-order valence-electron chi connectivity index (χ2n) is 4.14. The summed E-state index contributed by atoms with van der Waals surface area (Å²) in [5.74, 6) is 0.236. The Bertz CT molecular complexity index is 370. The van der Waals surface area contributed by atoms with Gasteiger partial charge < -0.3 is 4.90 Å². The smallest absolute Gasteiger partial charge is 0.226 e. The minimum Gasteiger partial charge on any atom is -0.315 e. The molecule has 0 spiro atoms.